The van der Waals surface area contributed by atoms with E-state index >= 15 is 0 Å². The van der Waals surface area contributed by atoms with Gasteiger partial charge in [-0.1, -0.05) is 56.3 Å². The molecule has 39 heavy (non-hydrogen) atoms. The number of carbonyl (C=O) groups excluding carboxylic acids is 1. The Labute approximate surface area is 236 Å². The second-order valence-corrected chi connectivity index (χ2v) is 11.1. The number of nitrogens with one attached hydrogen (secondary N) is 2. The van der Waals surface area contributed by atoms with Crippen molar-refractivity contribution in [2.24, 2.45) is 0 Å². The first-order chi connectivity index (χ1) is 19.0. The van der Waals surface area contributed by atoms with Crippen molar-refractivity contribution in [3.63, 3.8) is 0 Å². The molecule has 1 heterocycles. The van der Waals surface area contributed by atoms with E-state index in [0.29, 0.717) is 10.6 Å². The van der Waals surface area contributed by atoms with Crippen molar-refractivity contribution in [1.29, 1.82) is 5.26 Å². The average Bonchev–Trinajstić information content (AvgIpc) is 3.29. The molecule has 6 nitrogen and oxygen atoms in total. The zero-order valence-electron chi connectivity index (χ0n) is 22.8. The normalized spacial score (nSPS) is 15.1. The first-order valence-corrected chi connectivity index (χ1v) is 14.4. The van der Waals surface area contributed by atoms with Gasteiger partial charge in [-0.2, -0.15) is 5.26 Å². The Morgan fingerprint density at radius 1 is 1.05 bits per heavy atom. The van der Waals surface area contributed by atoms with E-state index in [2.05, 4.69) is 69.8 Å². The lowest BCUT2D eigenvalue weighted by Crippen LogP contribution is -2.39. The summed E-state index contributed by atoms with van der Waals surface area (Å²) < 4.78 is 0. The minimum absolute atomic E-state index is 0.135. The van der Waals surface area contributed by atoms with Crippen molar-refractivity contribution in [3.8, 4) is 17.2 Å². The van der Waals surface area contributed by atoms with Crippen molar-refractivity contribution < 1.29 is 4.79 Å². The third-order valence-corrected chi connectivity index (χ3v) is 8.02. The lowest BCUT2D eigenvalue weighted by molar-refractivity contribution is 0.244. The first-order valence-electron chi connectivity index (χ1n) is 14.0. The highest BCUT2D eigenvalue weighted by molar-refractivity contribution is 6.31. The fraction of sp³-hybridized carbons (Fsp3) is 0.375. The molecule has 202 valence electrons. The van der Waals surface area contributed by atoms with E-state index in [1.165, 1.54) is 24.9 Å². The van der Waals surface area contributed by atoms with Crippen molar-refractivity contribution in [1.82, 2.24) is 5.32 Å². The highest BCUT2D eigenvalue weighted by Gasteiger charge is 2.27. The number of unbranched alkanes of at least 4 members (excludes halogenated alkanes) is 1. The monoisotopic (exact) mass is 541 g/mol. The van der Waals surface area contributed by atoms with Crippen molar-refractivity contribution in [2.45, 2.75) is 64.8 Å². The molecule has 0 saturated heterocycles. The number of rotatable bonds is 7. The van der Waals surface area contributed by atoms with Gasteiger partial charge in [-0.05, 0) is 79.8 Å². The van der Waals surface area contributed by atoms with Gasteiger partial charge in [0.2, 0.25) is 0 Å². The van der Waals surface area contributed by atoms with Gasteiger partial charge < -0.3 is 20.4 Å². The molecule has 0 spiro atoms. The van der Waals surface area contributed by atoms with Crippen LogP contribution >= 0.6 is 11.6 Å². The Bertz CT molecular complexity index is 1370. The Morgan fingerprint density at radius 2 is 1.82 bits per heavy atom. The molecule has 3 aromatic carbocycles. The summed E-state index contributed by atoms with van der Waals surface area (Å²) >= 11 is 6.33. The maximum atomic E-state index is 12.7. The molecule has 1 fully saturated rings. The summed E-state index contributed by atoms with van der Waals surface area (Å²) in [7, 11) is 0. The molecule has 3 aromatic rings. The van der Waals surface area contributed by atoms with E-state index in [0.717, 1.165) is 72.6 Å². The summed E-state index contributed by atoms with van der Waals surface area (Å²) in [5.74, 6) is 0. The number of benzene rings is 3. The summed E-state index contributed by atoms with van der Waals surface area (Å²) in [5, 5.41) is 16.6. The largest absolute Gasteiger partial charge is 0.352 e. The van der Waals surface area contributed by atoms with Crippen LogP contribution in [0.3, 0.4) is 0 Å². The van der Waals surface area contributed by atoms with Crippen LogP contribution in [-0.4, -0.2) is 25.3 Å². The number of aryl methyl sites for hydroxylation is 1. The fourth-order valence-corrected chi connectivity index (χ4v) is 5.98. The number of nitriles is 1. The van der Waals surface area contributed by atoms with Crippen molar-refractivity contribution in [2.75, 3.05) is 28.3 Å². The number of anilines is 4. The van der Waals surface area contributed by atoms with Crippen LogP contribution in [-0.2, 0) is 0 Å². The van der Waals surface area contributed by atoms with Crippen molar-refractivity contribution >= 4 is 40.4 Å². The van der Waals surface area contributed by atoms with Crippen molar-refractivity contribution in [3.05, 3.63) is 70.7 Å². The van der Waals surface area contributed by atoms with Crippen LogP contribution < -0.4 is 20.4 Å². The summed E-state index contributed by atoms with van der Waals surface area (Å²) in [6.45, 7) is 5.83. The number of hydrogen-bond acceptors (Lipinski definition) is 4. The lowest BCUT2D eigenvalue weighted by Gasteiger charge is -2.23. The van der Waals surface area contributed by atoms with Crippen LogP contribution in [0.15, 0.2) is 54.6 Å². The molecule has 1 aliphatic heterocycles. The molecule has 0 aromatic heterocycles. The fourth-order valence-electron chi connectivity index (χ4n) is 5.71. The van der Waals surface area contributed by atoms with Crippen LogP contribution in [0.4, 0.5) is 27.5 Å². The molecular weight excluding hydrogens is 506 g/mol. The molecule has 5 rings (SSSR count). The standard InChI is InChI=1S/C32H36ClN5O/c1-3-4-16-37-21-38(27-13-10-23(11-14-27)28-18-24(33)17-22(2)29(28)20-34)31-19-26(12-15-30(31)37)36-32(39)35-25-8-6-5-7-9-25/h10-15,17-19,25H,3-9,16,21H2,1-2H3,(H2,35,36,39). The third kappa shape index (κ3) is 5.99. The van der Waals surface area contributed by atoms with E-state index < -0.39 is 0 Å². The zero-order valence-corrected chi connectivity index (χ0v) is 23.5. The third-order valence-electron chi connectivity index (χ3n) is 7.80. The highest BCUT2D eigenvalue weighted by Crippen LogP contribution is 2.43. The number of halogens is 1. The van der Waals surface area contributed by atoms with Crippen LogP contribution in [0, 0.1) is 18.3 Å². The first kappa shape index (κ1) is 26.9. The quantitative estimate of drug-likeness (QED) is 0.315. The molecule has 2 aliphatic rings. The number of urea groups is 1. The van der Waals surface area contributed by atoms with E-state index in [1.807, 2.05) is 25.1 Å². The molecule has 0 unspecified atom stereocenters. The van der Waals surface area contributed by atoms with E-state index in [9.17, 15) is 10.1 Å². The van der Waals surface area contributed by atoms with E-state index in [-0.39, 0.29) is 12.1 Å². The number of amides is 2. The molecule has 0 bridgehead atoms. The molecule has 1 aliphatic carbocycles. The van der Waals surface area contributed by atoms with Gasteiger partial charge in [0.05, 0.1) is 23.6 Å². The Balaban J connectivity index is 1.40. The lowest BCUT2D eigenvalue weighted by atomic mass is 9.96. The molecular formula is C32H36ClN5O. The van der Waals surface area contributed by atoms with Crippen LogP contribution in [0.1, 0.15) is 63.0 Å². The molecule has 0 atom stereocenters. The smallest absolute Gasteiger partial charge is 0.319 e. The molecule has 2 amide bonds. The maximum absolute atomic E-state index is 12.7. The Hall–Kier alpha value is -3.69. The van der Waals surface area contributed by atoms with Crippen LogP contribution in [0.25, 0.3) is 11.1 Å². The molecule has 2 N–H and O–H groups in total. The van der Waals surface area contributed by atoms with Gasteiger partial charge in [0.1, 0.15) is 6.07 Å². The Morgan fingerprint density at radius 3 is 2.54 bits per heavy atom. The molecule has 0 radical (unpaired) electrons. The van der Waals surface area contributed by atoms with Gasteiger partial charge in [0, 0.05) is 34.5 Å². The van der Waals surface area contributed by atoms with Crippen LogP contribution in [0.5, 0.6) is 0 Å². The zero-order chi connectivity index (χ0) is 27.4. The van der Waals surface area contributed by atoms with E-state index in [4.69, 9.17) is 11.6 Å². The topological polar surface area (TPSA) is 71.4 Å². The minimum Gasteiger partial charge on any atom is -0.352 e. The molecule has 1 saturated carbocycles. The SMILES string of the molecule is CCCCN1CN(c2ccc(-c3cc(Cl)cc(C)c3C#N)cc2)c2cc(NC(=O)NC3CCCCC3)ccc21. The Kier molecular flexibility index (Phi) is 8.28. The predicted octanol–water partition coefficient (Wildman–Crippen LogP) is 8.36. The second-order valence-electron chi connectivity index (χ2n) is 10.6. The van der Waals surface area contributed by atoms with Gasteiger partial charge in [0.25, 0.3) is 0 Å². The summed E-state index contributed by atoms with van der Waals surface area (Å²) in [4.78, 5) is 17.4. The number of hydrogen-bond donors (Lipinski definition) is 2. The highest BCUT2D eigenvalue weighted by atomic mass is 35.5. The summed E-state index contributed by atoms with van der Waals surface area (Å²) in [6, 6.07) is 20.6. The van der Waals surface area contributed by atoms with Gasteiger partial charge >= 0.3 is 6.03 Å². The van der Waals surface area contributed by atoms with E-state index in [1.54, 1.807) is 0 Å². The number of nitrogens with zero attached hydrogens (tertiary/aromatic N) is 3. The molecule has 7 heteroatoms. The maximum Gasteiger partial charge on any atom is 0.319 e. The predicted molar refractivity (Wildman–Crippen MR) is 161 cm³/mol. The number of carbonyl (C=O) groups is 1. The van der Waals surface area contributed by atoms with Gasteiger partial charge in [-0.25, -0.2) is 4.79 Å². The van der Waals surface area contributed by atoms with Crippen LogP contribution in [0.2, 0.25) is 5.02 Å². The van der Waals surface area contributed by atoms with Gasteiger partial charge in [0.15, 0.2) is 0 Å². The van der Waals surface area contributed by atoms with Gasteiger partial charge in [-0.3, -0.25) is 0 Å². The number of fused-ring (bicyclic) bond motifs is 1. The second kappa shape index (κ2) is 12.0. The summed E-state index contributed by atoms with van der Waals surface area (Å²) in [6.07, 6.45) is 7.97. The summed E-state index contributed by atoms with van der Waals surface area (Å²) in [5.41, 5.74) is 7.40. The van der Waals surface area contributed by atoms with Gasteiger partial charge in [-0.15, -0.1) is 0 Å². The minimum atomic E-state index is -0.135. The average molecular weight is 542 g/mol.